The van der Waals surface area contributed by atoms with E-state index in [0.29, 0.717) is 9.74 Å². The number of nitrogens with one attached hydrogen (secondary N) is 1. The summed E-state index contributed by atoms with van der Waals surface area (Å²) in [6.07, 6.45) is 7.46. The van der Waals surface area contributed by atoms with E-state index in [1.54, 1.807) is 0 Å². The highest BCUT2D eigenvalue weighted by Gasteiger charge is 2.32. The Morgan fingerprint density at radius 3 is 2.74 bits per heavy atom. The van der Waals surface area contributed by atoms with E-state index >= 15 is 0 Å². The number of thiocarbonyl (C=S) groups is 1. The summed E-state index contributed by atoms with van der Waals surface area (Å²) in [5, 5.41) is 3.55. The van der Waals surface area contributed by atoms with E-state index in [2.05, 4.69) is 33.6 Å². The molecule has 0 aliphatic heterocycles. The first kappa shape index (κ1) is 15.1. The first-order chi connectivity index (χ1) is 9.06. The third-order valence-electron chi connectivity index (χ3n) is 3.80. The quantitative estimate of drug-likeness (QED) is 0.774. The number of anilines is 1. The highest BCUT2D eigenvalue weighted by atomic mass is 79.9. The van der Waals surface area contributed by atoms with Gasteiger partial charge in [0.15, 0.2) is 0 Å². The Balaban J connectivity index is 2.14. The van der Waals surface area contributed by atoms with Crippen molar-refractivity contribution in [2.24, 2.45) is 5.73 Å². The first-order valence-corrected chi connectivity index (χ1v) is 8.87. The molecule has 5 heteroatoms. The van der Waals surface area contributed by atoms with Crippen LogP contribution in [0, 0.1) is 0 Å². The molecule has 0 unspecified atom stereocenters. The summed E-state index contributed by atoms with van der Waals surface area (Å²) in [6, 6.07) is 5.99. The van der Waals surface area contributed by atoms with Crippen molar-refractivity contribution in [3.05, 3.63) is 28.2 Å². The Labute approximate surface area is 133 Å². The Bertz CT molecular complexity index is 471. The van der Waals surface area contributed by atoms with Crippen LogP contribution in [0.3, 0.4) is 0 Å². The van der Waals surface area contributed by atoms with E-state index in [1.807, 2.05) is 23.9 Å². The van der Waals surface area contributed by atoms with Crippen LogP contribution in [0.15, 0.2) is 22.7 Å². The van der Waals surface area contributed by atoms with E-state index in [9.17, 15) is 0 Å². The van der Waals surface area contributed by atoms with Gasteiger partial charge in [-0.3, -0.25) is 0 Å². The van der Waals surface area contributed by atoms with Crippen LogP contribution < -0.4 is 11.1 Å². The zero-order valence-corrected chi connectivity index (χ0v) is 14.3. The summed E-state index contributed by atoms with van der Waals surface area (Å²) >= 11 is 10.6. The molecule has 104 valence electrons. The molecule has 1 aliphatic carbocycles. The van der Waals surface area contributed by atoms with Crippen LogP contribution in [0.2, 0.25) is 0 Å². The van der Waals surface area contributed by atoms with Crippen molar-refractivity contribution < 1.29 is 0 Å². The van der Waals surface area contributed by atoms with Crippen LogP contribution in [0.5, 0.6) is 0 Å². The standard InChI is InChI=1S/C14H19BrN2S2/c1-19-14(6-2-3-7-14)9-17-12-8-10(15)4-5-11(12)13(16)18/h4-5,8,17H,2-3,6-7,9H2,1H3,(H2,16,18). The number of benzene rings is 1. The number of halogens is 1. The molecule has 2 rings (SSSR count). The minimum atomic E-state index is 0.371. The van der Waals surface area contributed by atoms with Gasteiger partial charge in [0.05, 0.1) is 0 Å². The molecule has 3 N–H and O–H groups in total. The van der Waals surface area contributed by atoms with Gasteiger partial charge in [0.25, 0.3) is 0 Å². The lowest BCUT2D eigenvalue weighted by atomic mass is 10.1. The van der Waals surface area contributed by atoms with Crippen LogP contribution in [0.1, 0.15) is 31.2 Å². The normalized spacial score (nSPS) is 17.4. The fraction of sp³-hybridized carbons (Fsp3) is 0.500. The highest BCUT2D eigenvalue weighted by molar-refractivity contribution is 9.10. The average Bonchev–Trinajstić information content (AvgIpc) is 2.85. The fourth-order valence-corrected chi connectivity index (χ4v) is 4.06. The molecular formula is C14H19BrN2S2. The molecular weight excluding hydrogens is 340 g/mol. The zero-order valence-electron chi connectivity index (χ0n) is 11.0. The van der Waals surface area contributed by atoms with E-state index in [1.165, 1.54) is 25.7 Å². The summed E-state index contributed by atoms with van der Waals surface area (Å²) in [5.41, 5.74) is 7.74. The van der Waals surface area contributed by atoms with Gasteiger partial charge >= 0.3 is 0 Å². The second-order valence-corrected chi connectivity index (χ2v) is 7.63. The molecule has 0 bridgehead atoms. The minimum Gasteiger partial charge on any atom is -0.389 e. The summed E-state index contributed by atoms with van der Waals surface area (Å²) < 4.78 is 1.41. The molecule has 1 aromatic carbocycles. The van der Waals surface area contributed by atoms with Crippen molar-refractivity contribution in [1.29, 1.82) is 0 Å². The Kier molecular flexibility index (Phi) is 5.15. The molecule has 0 amide bonds. The van der Waals surface area contributed by atoms with Crippen molar-refractivity contribution in [3.63, 3.8) is 0 Å². The van der Waals surface area contributed by atoms with Crippen molar-refractivity contribution >= 4 is 50.6 Å². The van der Waals surface area contributed by atoms with Gasteiger partial charge in [-0.2, -0.15) is 11.8 Å². The lowest BCUT2D eigenvalue weighted by Gasteiger charge is -2.28. The Hall–Kier alpha value is -0.260. The van der Waals surface area contributed by atoms with Gasteiger partial charge in [0, 0.05) is 27.0 Å². The van der Waals surface area contributed by atoms with Crippen LogP contribution in [0.4, 0.5) is 5.69 Å². The molecule has 0 atom stereocenters. The Morgan fingerprint density at radius 1 is 1.47 bits per heavy atom. The molecule has 0 heterocycles. The Morgan fingerprint density at radius 2 is 2.16 bits per heavy atom. The van der Waals surface area contributed by atoms with Gasteiger partial charge in [-0.05, 0) is 37.3 Å². The molecule has 0 aromatic heterocycles. The lowest BCUT2D eigenvalue weighted by molar-refractivity contribution is 0.640. The fourth-order valence-electron chi connectivity index (χ4n) is 2.61. The number of hydrogen-bond acceptors (Lipinski definition) is 3. The predicted octanol–water partition coefficient (Wildman–Crippen LogP) is 4.17. The van der Waals surface area contributed by atoms with Gasteiger partial charge in [-0.25, -0.2) is 0 Å². The third kappa shape index (κ3) is 3.64. The molecule has 1 saturated carbocycles. The van der Waals surface area contributed by atoms with Crippen molar-refractivity contribution in [3.8, 4) is 0 Å². The first-order valence-electron chi connectivity index (χ1n) is 6.45. The van der Waals surface area contributed by atoms with Crippen molar-refractivity contribution in [1.82, 2.24) is 0 Å². The van der Waals surface area contributed by atoms with Gasteiger partial charge in [0.2, 0.25) is 0 Å². The monoisotopic (exact) mass is 358 g/mol. The maximum atomic E-state index is 5.78. The lowest BCUT2D eigenvalue weighted by Crippen LogP contribution is -2.30. The molecule has 1 aliphatic rings. The van der Waals surface area contributed by atoms with Crippen molar-refractivity contribution in [2.75, 3.05) is 18.1 Å². The third-order valence-corrected chi connectivity index (χ3v) is 5.93. The maximum Gasteiger partial charge on any atom is 0.106 e. The van der Waals surface area contributed by atoms with Gasteiger partial charge in [-0.1, -0.05) is 41.0 Å². The van der Waals surface area contributed by atoms with E-state index < -0.39 is 0 Å². The minimum absolute atomic E-state index is 0.371. The van der Waals surface area contributed by atoms with Crippen LogP contribution in [-0.4, -0.2) is 22.5 Å². The number of nitrogens with two attached hydrogens (primary N) is 1. The van der Waals surface area contributed by atoms with E-state index in [4.69, 9.17) is 18.0 Å². The summed E-state index contributed by atoms with van der Waals surface area (Å²) in [4.78, 5) is 0.444. The second-order valence-electron chi connectivity index (χ2n) is 5.00. The SMILES string of the molecule is CSC1(CNc2cc(Br)ccc2C(N)=S)CCCC1. The molecule has 2 nitrogen and oxygen atoms in total. The number of rotatable bonds is 5. The largest absolute Gasteiger partial charge is 0.389 e. The van der Waals surface area contributed by atoms with Crippen LogP contribution in [0.25, 0.3) is 0 Å². The summed E-state index contributed by atoms with van der Waals surface area (Å²) in [6.45, 7) is 0.972. The van der Waals surface area contributed by atoms with Crippen LogP contribution >= 0.6 is 39.9 Å². The van der Waals surface area contributed by atoms with Gasteiger partial charge in [0.1, 0.15) is 4.99 Å². The van der Waals surface area contributed by atoms with Crippen LogP contribution in [-0.2, 0) is 0 Å². The maximum absolute atomic E-state index is 5.78. The van der Waals surface area contributed by atoms with E-state index in [0.717, 1.165) is 22.3 Å². The average molecular weight is 359 g/mol. The van der Waals surface area contributed by atoms with Gasteiger partial charge in [-0.15, -0.1) is 0 Å². The van der Waals surface area contributed by atoms with Crippen molar-refractivity contribution in [2.45, 2.75) is 30.4 Å². The highest BCUT2D eigenvalue weighted by Crippen LogP contribution is 2.40. The molecule has 0 radical (unpaired) electrons. The molecule has 1 aromatic rings. The summed E-state index contributed by atoms with van der Waals surface area (Å²) in [7, 11) is 0. The van der Waals surface area contributed by atoms with Gasteiger partial charge < -0.3 is 11.1 Å². The summed E-state index contributed by atoms with van der Waals surface area (Å²) in [5.74, 6) is 0. The topological polar surface area (TPSA) is 38.0 Å². The molecule has 0 saturated heterocycles. The molecule has 0 spiro atoms. The molecule has 19 heavy (non-hydrogen) atoms. The zero-order chi connectivity index (χ0) is 13.9. The van der Waals surface area contributed by atoms with E-state index in [-0.39, 0.29) is 0 Å². The number of thioether (sulfide) groups is 1. The smallest absolute Gasteiger partial charge is 0.106 e. The number of hydrogen-bond donors (Lipinski definition) is 2. The predicted molar refractivity (Wildman–Crippen MR) is 93.2 cm³/mol. The molecule has 1 fully saturated rings. The second kappa shape index (κ2) is 6.46.